The van der Waals surface area contributed by atoms with E-state index in [4.69, 9.17) is 10.5 Å². The highest BCUT2D eigenvalue weighted by Crippen LogP contribution is 2.15. The van der Waals surface area contributed by atoms with Crippen LogP contribution in [0.4, 0.5) is 0 Å². The van der Waals surface area contributed by atoms with E-state index in [1.165, 1.54) is 0 Å². The summed E-state index contributed by atoms with van der Waals surface area (Å²) in [5.41, 5.74) is 6.77. The maximum atomic E-state index is 5.74. The molecule has 0 aliphatic carbocycles. The monoisotopic (exact) mass is 172 g/mol. The van der Waals surface area contributed by atoms with Crippen molar-refractivity contribution < 1.29 is 4.74 Å². The molecule has 11 heavy (non-hydrogen) atoms. The van der Waals surface area contributed by atoms with Gasteiger partial charge in [0, 0.05) is 18.2 Å². The fourth-order valence-corrected chi connectivity index (χ4v) is 1.58. The molecule has 3 nitrogen and oxygen atoms in total. The van der Waals surface area contributed by atoms with Crippen molar-refractivity contribution >= 4 is 11.3 Å². The van der Waals surface area contributed by atoms with Crippen molar-refractivity contribution in [3.63, 3.8) is 0 Å². The van der Waals surface area contributed by atoms with Gasteiger partial charge in [-0.25, -0.2) is 4.98 Å². The normalized spacial score (nSPS) is 13.4. The van der Waals surface area contributed by atoms with Crippen LogP contribution in [0.5, 0.6) is 0 Å². The van der Waals surface area contributed by atoms with Gasteiger partial charge in [-0.2, -0.15) is 0 Å². The second-order valence-electron chi connectivity index (χ2n) is 2.39. The third-order valence-corrected chi connectivity index (χ3v) is 2.39. The summed E-state index contributed by atoms with van der Waals surface area (Å²) in [4.78, 5) is 4.24. The number of aromatic nitrogens is 1. The molecule has 0 aromatic carbocycles. The molecule has 0 amide bonds. The van der Waals surface area contributed by atoms with Gasteiger partial charge in [0.05, 0.1) is 12.6 Å². The van der Waals surface area contributed by atoms with E-state index in [1.54, 1.807) is 18.4 Å². The van der Waals surface area contributed by atoms with E-state index in [0.717, 1.165) is 10.7 Å². The molecule has 0 aliphatic rings. The van der Waals surface area contributed by atoms with Crippen molar-refractivity contribution in [3.8, 4) is 0 Å². The first-order valence-electron chi connectivity index (χ1n) is 3.40. The van der Waals surface area contributed by atoms with Crippen LogP contribution >= 0.6 is 11.3 Å². The van der Waals surface area contributed by atoms with Crippen LogP contribution in [0.15, 0.2) is 5.38 Å². The summed E-state index contributed by atoms with van der Waals surface area (Å²) >= 11 is 1.58. The van der Waals surface area contributed by atoms with Gasteiger partial charge in [-0.1, -0.05) is 0 Å². The van der Waals surface area contributed by atoms with Gasteiger partial charge in [-0.15, -0.1) is 11.3 Å². The first kappa shape index (κ1) is 8.64. The van der Waals surface area contributed by atoms with E-state index in [0.29, 0.717) is 6.61 Å². The van der Waals surface area contributed by atoms with E-state index in [-0.39, 0.29) is 6.04 Å². The highest BCUT2D eigenvalue weighted by Gasteiger charge is 2.08. The van der Waals surface area contributed by atoms with Gasteiger partial charge in [-0.05, 0) is 6.92 Å². The predicted molar refractivity (Wildman–Crippen MR) is 45.7 cm³/mol. The molecule has 0 fully saturated rings. The molecule has 1 aromatic heterocycles. The Labute approximate surface area is 70.2 Å². The number of ether oxygens (including phenoxy) is 1. The maximum absolute atomic E-state index is 5.74. The zero-order chi connectivity index (χ0) is 8.27. The van der Waals surface area contributed by atoms with E-state index < -0.39 is 0 Å². The average molecular weight is 172 g/mol. The van der Waals surface area contributed by atoms with Crippen LogP contribution in [0.3, 0.4) is 0 Å². The molecule has 0 unspecified atom stereocenters. The molecular formula is C7H12N2OS. The molecule has 1 heterocycles. The van der Waals surface area contributed by atoms with E-state index in [9.17, 15) is 0 Å². The molecule has 0 bridgehead atoms. The highest BCUT2D eigenvalue weighted by molar-refractivity contribution is 7.09. The van der Waals surface area contributed by atoms with Crippen LogP contribution in [0.25, 0.3) is 0 Å². The van der Waals surface area contributed by atoms with Crippen LogP contribution in [-0.2, 0) is 4.74 Å². The zero-order valence-electron chi connectivity index (χ0n) is 6.70. The summed E-state index contributed by atoms with van der Waals surface area (Å²) in [6.07, 6.45) is 0. The fraction of sp³-hybridized carbons (Fsp3) is 0.571. The quantitative estimate of drug-likeness (QED) is 0.742. The molecule has 0 radical (unpaired) electrons. The molecule has 0 saturated carbocycles. The molecule has 1 aromatic rings. The van der Waals surface area contributed by atoms with Gasteiger partial charge in [0.2, 0.25) is 0 Å². The van der Waals surface area contributed by atoms with Crippen LogP contribution in [0.2, 0.25) is 0 Å². The Morgan fingerprint density at radius 1 is 1.82 bits per heavy atom. The van der Waals surface area contributed by atoms with Crippen molar-refractivity contribution in [2.45, 2.75) is 13.0 Å². The number of nitrogens with zero attached hydrogens (tertiary/aromatic N) is 1. The Hall–Kier alpha value is -0.450. The third-order valence-electron chi connectivity index (χ3n) is 1.30. The summed E-state index contributed by atoms with van der Waals surface area (Å²) in [7, 11) is 1.64. The predicted octanol–water partition coefficient (Wildman–Crippen LogP) is 1.10. The molecule has 1 atom stereocenters. The number of methoxy groups -OCH3 is 1. The van der Waals surface area contributed by atoms with E-state index in [1.807, 2.05) is 12.3 Å². The Morgan fingerprint density at radius 3 is 3.00 bits per heavy atom. The van der Waals surface area contributed by atoms with Gasteiger partial charge in [0.1, 0.15) is 5.01 Å². The number of hydrogen-bond acceptors (Lipinski definition) is 4. The largest absolute Gasteiger partial charge is 0.383 e. The first-order chi connectivity index (χ1) is 5.24. The first-order valence-corrected chi connectivity index (χ1v) is 4.28. The fourth-order valence-electron chi connectivity index (χ4n) is 0.793. The summed E-state index contributed by atoms with van der Waals surface area (Å²) in [5.74, 6) is 0. The van der Waals surface area contributed by atoms with Gasteiger partial charge in [-0.3, -0.25) is 0 Å². The van der Waals surface area contributed by atoms with Crippen molar-refractivity contribution in [3.05, 3.63) is 16.1 Å². The molecule has 1 rings (SSSR count). The van der Waals surface area contributed by atoms with Crippen LogP contribution < -0.4 is 5.73 Å². The van der Waals surface area contributed by atoms with Crippen molar-refractivity contribution in [2.24, 2.45) is 5.73 Å². The van der Waals surface area contributed by atoms with Crippen molar-refractivity contribution in [2.75, 3.05) is 13.7 Å². The number of rotatable bonds is 3. The Balaban J connectivity index is 2.60. The second kappa shape index (κ2) is 3.80. The number of hydrogen-bond donors (Lipinski definition) is 1. The number of thiazole rings is 1. The maximum Gasteiger partial charge on any atom is 0.112 e. The molecule has 4 heteroatoms. The summed E-state index contributed by atoms with van der Waals surface area (Å²) < 4.78 is 4.91. The number of nitrogens with two attached hydrogens (primary N) is 1. The van der Waals surface area contributed by atoms with Crippen LogP contribution in [0.1, 0.15) is 16.7 Å². The van der Waals surface area contributed by atoms with E-state index in [2.05, 4.69) is 4.98 Å². The lowest BCUT2D eigenvalue weighted by molar-refractivity contribution is 0.181. The van der Waals surface area contributed by atoms with Gasteiger partial charge >= 0.3 is 0 Å². The zero-order valence-corrected chi connectivity index (χ0v) is 7.52. The summed E-state index contributed by atoms with van der Waals surface area (Å²) in [6, 6.07) is -0.0706. The third kappa shape index (κ3) is 2.25. The van der Waals surface area contributed by atoms with Crippen LogP contribution in [0, 0.1) is 6.92 Å². The van der Waals surface area contributed by atoms with Gasteiger partial charge < -0.3 is 10.5 Å². The summed E-state index contributed by atoms with van der Waals surface area (Å²) in [5, 5.41) is 2.94. The second-order valence-corrected chi connectivity index (χ2v) is 3.28. The SMILES string of the molecule is COC[C@H](N)c1nc(C)cs1. The molecule has 0 saturated heterocycles. The van der Waals surface area contributed by atoms with Crippen LogP contribution in [-0.4, -0.2) is 18.7 Å². The van der Waals surface area contributed by atoms with Gasteiger partial charge in [0.25, 0.3) is 0 Å². The lowest BCUT2D eigenvalue weighted by Gasteiger charge is -2.04. The smallest absolute Gasteiger partial charge is 0.112 e. The minimum absolute atomic E-state index is 0.0706. The lowest BCUT2D eigenvalue weighted by atomic mass is 10.3. The number of aryl methyl sites for hydroxylation is 1. The topological polar surface area (TPSA) is 48.1 Å². The minimum atomic E-state index is -0.0706. The Morgan fingerprint density at radius 2 is 2.55 bits per heavy atom. The molecule has 2 N–H and O–H groups in total. The standard InChI is InChI=1S/C7H12N2OS/c1-5-4-11-7(9-5)6(8)3-10-2/h4,6H,3,8H2,1-2H3/t6-/m0/s1. The van der Waals surface area contributed by atoms with E-state index >= 15 is 0 Å². The molecular weight excluding hydrogens is 160 g/mol. The van der Waals surface area contributed by atoms with Crippen molar-refractivity contribution in [1.82, 2.24) is 4.98 Å². The Bertz CT molecular complexity index is 224. The van der Waals surface area contributed by atoms with Gasteiger partial charge in [0.15, 0.2) is 0 Å². The Kier molecular flexibility index (Phi) is 2.99. The van der Waals surface area contributed by atoms with Crippen molar-refractivity contribution in [1.29, 1.82) is 0 Å². The molecule has 62 valence electrons. The molecule has 0 aliphatic heterocycles. The minimum Gasteiger partial charge on any atom is -0.383 e. The lowest BCUT2D eigenvalue weighted by Crippen LogP contribution is -2.15. The average Bonchev–Trinajstić information content (AvgIpc) is 2.36. The summed E-state index contributed by atoms with van der Waals surface area (Å²) in [6.45, 7) is 2.49. The highest BCUT2D eigenvalue weighted by atomic mass is 32.1. The molecule has 0 spiro atoms.